The molecule has 0 unspecified atom stereocenters. The van der Waals surface area contributed by atoms with Crippen molar-refractivity contribution in [2.75, 3.05) is 0 Å². The summed E-state index contributed by atoms with van der Waals surface area (Å²) in [5, 5.41) is 26.7. The van der Waals surface area contributed by atoms with Crippen LogP contribution in [0.2, 0.25) is 0 Å². The molecule has 0 saturated heterocycles. The average Bonchev–Trinajstić information content (AvgIpc) is 2.26. The van der Waals surface area contributed by atoms with Gasteiger partial charge in [0, 0.05) is 6.07 Å². The van der Waals surface area contributed by atoms with E-state index in [0.29, 0.717) is 6.08 Å². The fraction of sp³-hybridized carbons (Fsp3) is 0.0833. The van der Waals surface area contributed by atoms with Gasteiger partial charge in [-0.2, -0.15) is 0 Å². The van der Waals surface area contributed by atoms with Crippen LogP contribution in [0.1, 0.15) is 17.3 Å². The van der Waals surface area contributed by atoms with Gasteiger partial charge in [0.1, 0.15) is 11.5 Å². The number of phenolic OH excluding ortho intramolecular Hbond substituents is 1. The zero-order valence-electron chi connectivity index (χ0n) is 9.78. The van der Waals surface area contributed by atoms with Crippen molar-refractivity contribution in [3.8, 4) is 11.5 Å². The first-order valence-electron chi connectivity index (χ1n) is 5.01. The maximum absolute atomic E-state index is 11.1. The van der Waals surface area contributed by atoms with Crippen LogP contribution < -0.4 is 4.74 Å². The Morgan fingerprint density at radius 2 is 1.84 bits per heavy atom. The lowest BCUT2D eigenvalue weighted by Gasteiger charge is -2.07. The van der Waals surface area contributed by atoms with Gasteiger partial charge in [-0.1, -0.05) is 0 Å². The molecule has 0 heterocycles. The highest BCUT2D eigenvalue weighted by Crippen LogP contribution is 2.25. The summed E-state index contributed by atoms with van der Waals surface area (Å²) in [5.41, 5.74) is 0.0476. The molecule has 3 N–H and O–H groups in total. The summed E-state index contributed by atoms with van der Waals surface area (Å²) in [5.74, 6) is -4.73. The number of carbonyl (C=O) groups excluding carboxylic acids is 1. The first kappa shape index (κ1) is 14.2. The molecule has 0 aliphatic rings. The number of carbonyl (C=O) groups is 3. The highest BCUT2D eigenvalue weighted by Gasteiger charge is 2.14. The van der Waals surface area contributed by atoms with Gasteiger partial charge in [0.25, 0.3) is 0 Å². The number of hydrogen-bond acceptors (Lipinski definition) is 5. The molecule has 0 bridgehead atoms. The van der Waals surface area contributed by atoms with Crippen molar-refractivity contribution in [3.63, 3.8) is 0 Å². The third kappa shape index (κ3) is 3.84. The van der Waals surface area contributed by atoms with E-state index < -0.39 is 17.7 Å². The van der Waals surface area contributed by atoms with Gasteiger partial charge in [0.2, 0.25) is 5.76 Å². The van der Waals surface area contributed by atoms with Gasteiger partial charge in [-0.3, -0.25) is 4.79 Å². The van der Waals surface area contributed by atoms with E-state index in [9.17, 15) is 19.5 Å². The number of carboxylic acids is 2. The lowest BCUT2D eigenvalue weighted by molar-refractivity contribution is -0.137. The Balaban J connectivity index is 3.05. The van der Waals surface area contributed by atoms with Crippen LogP contribution in [0.5, 0.6) is 11.5 Å². The fourth-order valence-corrected chi connectivity index (χ4v) is 1.25. The van der Waals surface area contributed by atoms with Crippen molar-refractivity contribution in [2.45, 2.75) is 6.92 Å². The highest BCUT2D eigenvalue weighted by molar-refractivity contribution is 5.97. The zero-order chi connectivity index (χ0) is 14.6. The first-order chi connectivity index (χ1) is 8.81. The van der Waals surface area contributed by atoms with Gasteiger partial charge in [-0.25, -0.2) is 9.59 Å². The van der Waals surface area contributed by atoms with Crippen LogP contribution in [0, 0.1) is 0 Å². The molecule has 1 aromatic rings. The van der Waals surface area contributed by atoms with Crippen LogP contribution in [0.15, 0.2) is 30.0 Å². The molecule has 0 aliphatic heterocycles. The van der Waals surface area contributed by atoms with Crippen LogP contribution in [-0.4, -0.2) is 33.0 Å². The SMILES string of the molecule is CC(=O)c1ccc(OC(=CC(=O)O)C(=O)O)cc1O. The minimum absolute atomic E-state index is 0.0476. The van der Waals surface area contributed by atoms with E-state index in [2.05, 4.69) is 0 Å². The Kier molecular flexibility index (Phi) is 4.25. The van der Waals surface area contributed by atoms with E-state index in [0.717, 1.165) is 6.07 Å². The van der Waals surface area contributed by atoms with Crippen molar-refractivity contribution in [3.05, 3.63) is 35.6 Å². The van der Waals surface area contributed by atoms with Crippen LogP contribution in [0.3, 0.4) is 0 Å². The predicted molar refractivity (Wildman–Crippen MR) is 62.1 cm³/mol. The molecule has 19 heavy (non-hydrogen) atoms. The molecule has 0 radical (unpaired) electrons. The number of ether oxygens (including phenoxy) is 1. The Bertz CT molecular complexity index is 571. The van der Waals surface area contributed by atoms with Crippen LogP contribution in [0.4, 0.5) is 0 Å². The van der Waals surface area contributed by atoms with Crippen molar-refractivity contribution in [1.29, 1.82) is 0 Å². The van der Waals surface area contributed by atoms with E-state index in [4.69, 9.17) is 14.9 Å². The number of carboxylic acid groups (broad SMARTS) is 2. The second-order valence-corrected chi connectivity index (χ2v) is 3.49. The second kappa shape index (κ2) is 5.67. The molecule has 0 spiro atoms. The van der Waals surface area contributed by atoms with Gasteiger partial charge < -0.3 is 20.1 Å². The highest BCUT2D eigenvalue weighted by atomic mass is 16.5. The number of phenols is 1. The summed E-state index contributed by atoms with van der Waals surface area (Å²) in [4.78, 5) is 32.2. The van der Waals surface area contributed by atoms with Crippen molar-refractivity contribution >= 4 is 17.7 Å². The Morgan fingerprint density at radius 3 is 2.26 bits per heavy atom. The van der Waals surface area contributed by atoms with E-state index >= 15 is 0 Å². The Labute approximate surface area is 107 Å². The summed E-state index contributed by atoms with van der Waals surface area (Å²) in [7, 11) is 0. The molecule has 100 valence electrons. The molecule has 1 aromatic carbocycles. The zero-order valence-corrected chi connectivity index (χ0v) is 9.78. The van der Waals surface area contributed by atoms with Crippen molar-refractivity contribution in [2.24, 2.45) is 0 Å². The van der Waals surface area contributed by atoms with Gasteiger partial charge in [0.15, 0.2) is 5.78 Å². The van der Waals surface area contributed by atoms with Gasteiger partial charge in [-0.05, 0) is 19.1 Å². The lowest BCUT2D eigenvalue weighted by atomic mass is 10.1. The van der Waals surface area contributed by atoms with E-state index in [1.807, 2.05) is 0 Å². The van der Waals surface area contributed by atoms with E-state index in [1.54, 1.807) is 0 Å². The van der Waals surface area contributed by atoms with Crippen molar-refractivity contribution < 1.29 is 34.4 Å². The number of rotatable bonds is 5. The number of aliphatic carboxylic acids is 2. The summed E-state index contributed by atoms with van der Waals surface area (Å²) in [6, 6.07) is 3.51. The van der Waals surface area contributed by atoms with Crippen LogP contribution in [-0.2, 0) is 9.59 Å². The van der Waals surface area contributed by atoms with Crippen molar-refractivity contribution in [1.82, 2.24) is 0 Å². The standard InChI is InChI=1S/C12H10O7/c1-6(13)8-3-2-7(4-9(8)14)19-10(12(17)18)5-11(15)16/h2-5,14H,1H3,(H,15,16)(H,17,18). The third-order valence-corrected chi connectivity index (χ3v) is 2.04. The quantitative estimate of drug-likeness (QED) is 0.413. The van der Waals surface area contributed by atoms with Gasteiger partial charge in [0.05, 0.1) is 11.6 Å². The van der Waals surface area contributed by atoms with Crippen LogP contribution >= 0.6 is 0 Å². The van der Waals surface area contributed by atoms with Gasteiger partial charge in [-0.15, -0.1) is 0 Å². The summed E-state index contributed by atoms with van der Waals surface area (Å²) < 4.78 is 4.81. The number of ketones is 1. The molecule has 0 saturated carbocycles. The Morgan fingerprint density at radius 1 is 1.21 bits per heavy atom. The number of benzene rings is 1. The lowest BCUT2D eigenvalue weighted by Crippen LogP contribution is -2.10. The molecule has 0 amide bonds. The summed E-state index contributed by atoms with van der Waals surface area (Å²) in [6.07, 6.45) is 0.373. The minimum atomic E-state index is -1.57. The molecule has 7 heteroatoms. The topological polar surface area (TPSA) is 121 Å². The molecule has 0 aromatic heterocycles. The summed E-state index contributed by atoms with van der Waals surface area (Å²) in [6.45, 7) is 1.25. The fourth-order valence-electron chi connectivity index (χ4n) is 1.25. The summed E-state index contributed by atoms with van der Waals surface area (Å²) >= 11 is 0. The molecule has 1 rings (SSSR count). The van der Waals surface area contributed by atoms with E-state index in [1.165, 1.54) is 19.1 Å². The molecular weight excluding hydrogens is 256 g/mol. The normalized spacial score (nSPS) is 10.9. The predicted octanol–water partition coefficient (Wildman–Crippen LogP) is 1.03. The van der Waals surface area contributed by atoms with Gasteiger partial charge >= 0.3 is 11.9 Å². The monoisotopic (exact) mass is 266 g/mol. The first-order valence-corrected chi connectivity index (χ1v) is 5.01. The maximum atomic E-state index is 11.1. The maximum Gasteiger partial charge on any atom is 0.372 e. The molecule has 0 aliphatic carbocycles. The minimum Gasteiger partial charge on any atom is -0.507 e. The van der Waals surface area contributed by atoms with Crippen LogP contribution in [0.25, 0.3) is 0 Å². The molecule has 7 nitrogen and oxygen atoms in total. The molecular formula is C12H10O7. The third-order valence-electron chi connectivity index (χ3n) is 2.04. The largest absolute Gasteiger partial charge is 0.507 e. The Hall–Kier alpha value is -2.83. The van der Waals surface area contributed by atoms with E-state index in [-0.39, 0.29) is 22.8 Å². The number of hydrogen-bond donors (Lipinski definition) is 3. The smallest absolute Gasteiger partial charge is 0.372 e. The number of Topliss-reactive ketones (excluding diaryl/α,β-unsaturated/α-hetero) is 1. The number of aromatic hydroxyl groups is 1. The average molecular weight is 266 g/mol. The molecule has 0 atom stereocenters. The second-order valence-electron chi connectivity index (χ2n) is 3.49. The molecule has 0 fully saturated rings.